The van der Waals surface area contributed by atoms with E-state index >= 15 is 0 Å². The molecule has 5 nitrogen and oxygen atoms in total. The molecule has 0 atom stereocenters. The Morgan fingerprint density at radius 1 is 1.41 bits per heavy atom. The number of benzene rings is 1. The van der Waals surface area contributed by atoms with Gasteiger partial charge in [0.25, 0.3) is 0 Å². The van der Waals surface area contributed by atoms with Crippen molar-refractivity contribution in [1.82, 2.24) is 0 Å². The minimum absolute atomic E-state index is 0. The summed E-state index contributed by atoms with van der Waals surface area (Å²) in [6, 6.07) is 6.20. The van der Waals surface area contributed by atoms with E-state index < -0.39 is 5.97 Å². The number of nitrogens with two attached hydrogens (primary N) is 1. The van der Waals surface area contributed by atoms with Crippen LogP contribution in [0.5, 0.6) is 5.75 Å². The van der Waals surface area contributed by atoms with Gasteiger partial charge in [-0.15, -0.1) is 0 Å². The van der Waals surface area contributed by atoms with Crippen LogP contribution in [-0.2, 0) is 17.4 Å². The Kier molecular flexibility index (Phi) is 11.6. The third-order valence-electron chi connectivity index (χ3n) is 1.31. The first kappa shape index (κ1) is 18.8. The molecule has 5 N–H and O–H groups in total. The predicted octanol–water partition coefficient (Wildman–Crippen LogP) is -2.33. The molecule has 0 aromatic heterocycles. The molecule has 0 spiro atoms. The van der Waals surface area contributed by atoms with E-state index in [1.54, 1.807) is 12.1 Å². The van der Waals surface area contributed by atoms with Gasteiger partial charge in [0.2, 0.25) is 0 Å². The number of hydrogen-bond donors (Lipinski definition) is 4. The molecule has 0 saturated carbocycles. The van der Waals surface area contributed by atoms with Gasteiger partial charge in [-0.25, -0.2) is 0 Å². The fourth-order valence-electron chi connectivity index (χ4n) is 0.757. The Morgan fingerprint density at radius 3 is 2.18 bits per heavy atom. The van der Waals surface area contributed by atoms with Crippen molar-refractivity contribution >= 4 is 40.8 Å². The molecule has 0 bridgehead atoms. The molecule has 1 rings (SSSR count). The number of anilines is 1. The Bertz CT molecular complexity index is 356. The monoisotopic (exact) mass is 282 g/mol. The summed E-state index contributed by atoms with van der Waals surface area (Å²) in [7, 11) is 0. The van der Waals surface area contributed by atoms with Crippen molar-refractivity contribution in [3.63, 3.8) is 0 Å². The quantitative estimate of drug-likeness (QED) is 0.214. The molecule has 17 heavy (non-hydrogen) atoms. The summed E-state index contributed by atoms with van der Waals surface area (Å²) in [5, 5.41) is 19.9. The van der Waals surface area contributed by atoms with Crippen LogP contribution in [0.15, 0.2) is 24.3 Å². The minimum atomic E-state index is -0.914. The van der Waals surface area contributed by atoms with Crippen molar-refractivity contribution in [3.8, 4) is 5.75 Å². The summed E-state index contributed by atoms with van der Waals surface area (Å²) < 4.78 is 0.0833. The SMILES string of the molecule is NC(=S)[S-].O=C(O)CNc1ccc(O)cc1.[Na+]. The van der Waals surface area contributed by atoms with Crippen LogP contribution in [0.2, 0.25) is 0 Å². The van der Waals surface area contributed by atoms with Gasteiger partial charge in [-0.3, -0.25) is 4.79 Å². The zero-order chi connectivity index (χ0) is 12.6. The second kappa shape index (κ2) is 10.5. The van der Waals surface area contributed by atoms with Gasteiger partial charge in [-0.2, -0.15) is 0 Å². The molecule has 0 fully saturated rings. The van der Waals surface area contributed by atoms with Gasteiger partial charge in [0, 0.05) is 5.69 Å². The Labute approximate surface area is 132 Å². The Balaban J connectivity index is 0. The first-order valence-corrected chi connectivity index (χ1v) is 4.94. The van der Waals surface area contributed by atoms with Gasteiger partial charge < -0.3 is 46.1 Å². The molecule has 1 aromatic rings. The fraction of sp³-hybridized carbons (Fsp3) is 0.111. The maximum atomic E-state index is 10.1. The van der Waals surface area contributed by atoms with Crippen LogP contribution in [0, 0.1) is 0 Å². The van der Waals surface area contributed by atoms with Crippen LogP contribution in [-0.4, -0.2) is 27.0 Å². The summed E-state index contributed by atoms with van der Waals surface area (Å²) in [4.78, 5) is 10.1. The summed E-state index contributed by atoms with van der Waals surface area (Å²) in [5.74, 6) is -0.751. The van der Waals surface area contributed by atoms with Crippen molar-refractivity contribution in [2.75, 3.05) is 11.9 Å². The standard InChI is InChI=1S/C8H9NO3.CH3NS2.Na/c10-7-3-1-6(2-4-7)9-5-8(11)12;2-1(3)4;/h1-4,9-10H,5H2,(H,11,12);(H3,2,3,4);/q;;+1/p-1. The molecule has 0 amide bonds. The number of phenols is 1. The first-order chi connectivity index (χ1) is 7.41. The summed E-state index contributed by atoms with van der Waals surface area (Å²) in [5.41, 5.74) is 5.33. The van der Waals surface area contributed by atoms with E-state index in [0.29, 0.717) is 5.69 Å². The minimum Gasteiger partial charge on any atom is -0.508 e. The van der Waals surface area contributed by atoms with Crippen LogP contribution >= 0.6 is 12.2 Å². The number of nitrogens with one attached hydrogen (secondary N) is 1. The molecular weight excluding hydrogens is 271 g/mol. The van der Waals surface area contributed by atoms with Gasteiger partial charge in [0.1, 0.15) is 12.3 Å². The third kappa shape index (κ3) is 13.3. The topological polar surface area (TPSA) is 95.6 Å². The largest absolute Gasteiger partial charge is 1.00 e. The van der Waals surface area contributed by atoms with Crippen molar-refractivity contribution in [2.24, 2.45) is 5.73 Å². The van der Waals surface area contributed by atoms with Gasteiger partial charge in [-0.1, -0.05) is 4.32 Å². The van der Waals surface area contributed by atoms with Gasteiger partial charge in [0.15, 0.2) is 0 Å². The summed E-state index contributed by atoms with van der Waals surface area (Å²) >= 11 is 8.26. The molecular formula is C9H11N2NaO3S2. The summed E-state index contributed by atoms with van der Waals surface area (Å²) in [6.07, 6.45) is 0. The molecule has 0 aliphatic carbocycles. The smallest absolute Gasteiger partial charge is 0.508 e. The van der Waals surface area contributed by atoms with E-state index in [2.05, 4.69) is 35.9 Å². The number of aliphatic carboxylic acids is 1. The molecule has 1 aromatic carbocycles. The zero-order valence-corrected chi connectivity index (χ0v) is 12.8. The third-order valence-corrected chi connectivity index (χ3v) is 1.31. The van der Waals surface area contributed by atoms with Crippen LogP contribution in [0.1, 0.15) is 0 Å². The number of hydrogen-bond acceptors (Lipinski definition) is 5. The molecule has 0 aliphatic heterocycles. The molecule has 8 heteroatoms. The van der Waals surface area contributed by atoms with Gasteiger partial charge in [0.05, 0.1) is 0 Å². The number of carboxylic acids is 1. The number of rotatable bonds is 3. The molecule has 88 valence electrons. The fourth-order valence-corrected chi connectivity index (χ4v) is 0.757. The van der Waals surface area contributed by atoms with E-state index in [-0.39, 0.29) is 46.2 Å². The molecule has 0 aliphatic rings. The van der Waals surface area contributed by atoms with Crippen LogP contribution in [0.25, 0.3) is 0 Å². The maximum absolute atomic E-state index is 10.1. The Morgan fingerprint density at radius 2 is 1.82 bits per heavy atom. The Hall–Kier alpha value is -0.600. The first-order valence-electron chi connectivity index (χ1n) is 4.13. The van der Waals surface area contributed by atoms with E-state index in [0.717, 1.165) is 0 Å². The second-order valence-electron chi connectivity index (χ2n) is 2.61. The van der Waals surface area contributed by atoms with Crippen molar-refractivity contribution < 1.29 is 44.6 Å². The molecule has 0 heterocycles. The van der Waals surface area contributed by atoms with E-state index in [1.807, 2.05) is 0 Å². The molecule has 0 radical (unpaired) electrons. The molecule has 0 unspecified atom stereocenters. The number of thiocarbonyl (C=S) groups is 1. The second-order valence-corrected chi connectivity index (χ2v) is 3.75. The van der Waals surface area contributed by atoms with Crippen LogP contribution in [0.4, 0.5) is 5.69 Å². The number of phenolic OH excluding ortho intramolecular Hbond substituents is 1. The zero-order valence-electron chi connectivity index (χ0n) is 9.21. The number of carbonyl (C=O) groups is 1. The number of carboxylic acid groups (broad SMARTS) is 1. The van der Waals surface area contributed by atoms with E-state index in [4.69, 9.17) is 10.2 Å². The number of aromatic hydroxyl groups is 1. The maximum Gasteiger partial charge on any atom is 1.00 e. The van der Waals surface area contributed by atoms with Gasteiger partial charge >= 0.3 is 35.5 Å². The predicted molar refractivity (Wildman–Crippen MR) is 68.4 cm³/mol. The van der Waals surface area contributed by atoms with Gasteiger partial charge in [-0.05, 0) is 24.3 Å². The van der Waals surface area contributed by atoms with Crippen molar-refractivity contribution in [3.05, 3.63) is 24.3 Å². The normalized spacial score (nSPS) is 8.00. The average molecular weight is 282 g/mol. The average Bonchev–Trinajstić information content (AvgIpc) is 2.16. The van der Waals surface area contributed by atoms with E-state index in [1.165, 1.54) is 12.1 Å². The van der Waals surface area contributed by atoms with Crippen molar-refractivity contribution in [1.29, 1.82) is 0 Å². The van der Waals surface area contributed by atoms with E-state index in [9.17, 15) is 4.79 Å². The molecule has 0 saturated heterocycles. The van der Waals surface area contributed by atoms with Crippen LogP contribution < -0.4 is 40.6 Å². The summed E-state index contributed by atoms with van der Waals surface area (Å²) in [6.45, 7) is -0.120. The van der Waals surface area contributed by atoms with Crippen LogP contribution in [0.3, 0.4) is 0 Å². The van der Waals surface area contributed by atoms with Crippen molar-refractivity contribution in [2.45, 2.75) is 0 Å².